The van der Waals surface area contributed by atoms with Gasteiger partial charge in [-0.25, -0.2) is 0 Å². The maximum Gasteiger partial charge on any atom is 0.161 e. The first-order valence-corrected chi connectivity index (χ1v) is 34.5. The molecule has 0 radical (unpaired) electrons. The SMILES string of the molecule is C=C(Cc1cccc(OCCOCCOCCOCCCc2cc(-c3ccc(OC)cc3)cc(-c3cc(-c4ccc(OC)cc4)cc(C)n3)n2)c1O)Cc1cccc(OCCOCCOCCOCCCc2cc(-c3ccc(OC)cc3)cc(-c3cc(-c4ccc(OC)cc4)cc(C)n3)n2)c1O. The van der Waals surface area contributed by atoms with Crippen LogP contribution in [0.1, 0.15) is 46.7 Å². The number of aryl methyl sites for hydroxylation is 4. The number of para-hydroxylation sites is 2. The zero-order valence-electron chi connectivity index (χ0n) is 59.3. The topological polar surface area (TPSA) is 203 Å². The van der Waals surface area contributed by atoms with Crippen molar-refractivity contribution in [2.45, 2.75) is 52.4 Å². The van der Waals surface area contributed by atoms with Crippen LogP contribution >= 0.6 is 0 Å². The van der Waals surface area contributed by atoms with E-state index in [4.69, 9.17) is 76.8 Å². The zero-order valence-corrected chi connectivity index (χ0v) is 59.3. The van der Waals surface area contributed by atoms with E-state index in [0.29, 0.717) is 115 Å². The number of phenols is 2. The molecule has 18 nitrogen and oxygen atoms in total. The smallest absolute Gasteiger partial charge is 0.161 e. The molecule has 0 atom stereocenters. The van der Waals surface area contributed by atoms with Crippen LogP contribution in [-0.4, -0.2) is 151 Å². The number of benzene rings is 6. The Morgan fingerprint density at radius 1 is 0.324 bits per heavy atom. The number of rotatable bonds is 42. The second-order valence-electron chi connectivity index (χ2n) is 24.4. The van der Waals surface area contributed by atoms with Gasteiger partial charge in [0.15, 0.2) is 23.0 Å². The van der Waals surface area contributed by atoms with E-state index < -0.39 is 0 Å². The molecule has 0 fully saturated rings. The highest BCUT2D eigenvalue weighted by atomic mass is 16.6. The normalized spacial score (nSPS) is 11.2. The van der Waals surface area contributed by atoms with Crippen LogP contribution in [0.15, 0.2) is 194 Å². The highest BCUT2D eigenvalue weighted by Gasteiger charge is 2.17. The van der Waals surface area contributed by atoms with E-state index in [0.717, 1.165) is 144 Å². The molecule has 0 aliphatic rings. The molecule has 0 aliphatic carbocycles. The summed E-state index contributed by atoms with van der Waals surface area (Å²) < 4.78 is 68.4. The average molecular weight is 1380 g/mol. The highest BCUT2D eigenvalue weighted by molar-refractivity contribution is 5.76. The average Bonchev–Trinajstić information content (AvgIpc) is 0.806. The Morgan fingerprint density at radius 3 is 0.922 bits per heavy atom. The van der Waals surface area contributed by atoms with Gasteiger partial charge in [-0.15, -0.1) is 0 Å². The van der Waals surface area contributed by atoms with Gasteiger partial charge in [0.1, 0.15) is 36.2 Å². The molecule has 102 heavy (non-hydrogen) atoms. The molecule has 2 N–H and O–H groups in total. The Labute approximate surface area is 598 Å². The van der Waals surface area contributed by atoms with Gasteiger partial charge in [-0.3, -0.25) is 19.9 Å². The van der Waals surface area contributed by atoms with Crippen LogP contribution < -0.4 is 28.4 Å². The fourth-order valence-corrected chi connectivity index (χ4v) is 11.6. The number of allylic oxidation sites excluding steroid dienone is 1. The Kier molecular flexibility index (Phi) is 28.6. The van der Waals surface area contributed by atoms with Gasteiger partial charge in [-0.1, -0.05) is 84.9 Å². The van der Waals surface area contributed by atoms with Crippen molar-refractivity contribution in [1.82, 2.24) is 19.9 Å². The third-order valence-electron chi connectivity index (χ3n) is 16.8. The summed E-state index contributed by atoms with van der Waals surface area (Å²) in [4.78, 5) is 20.0. The van der Waals surface area contributed by atoms with Crippen molar-refractivity contribution in [3.63, 3.8) is 0 Å². The van der Waals surface area contributed by atoms with Gasteiger partial charge in [0.05, 0.1) is 117 Å². The summed E-state index contributed by atoms with van der Waals surface area (Å²) in [6.45, 7) is 13.8. The second kappa shape index (κ2) is 39.1. The molecule has 0 saturated carbocycles. The minimum atomic E-state index is 0.0332. The first-order valence-electron chi connectivity index (χ1n) is 34.5. The predicted octanol–water partition coefficient (Wildman–Crippen LogP) is 15.8. The molecular formula is C84H92N4O14. The molecule has 532 valence electrons. The molecule has 18 heteroatoms. The van der Waals surface area contributed by atoms with Crippen molar-refractivity contribution in [3.05, 3.63) is 228 Å². The van der Waals surface area contributed by atoms with Crippen LogP contribution in [0.5, 0.6) is 46.0 Å². The molecule has 0 amide bonds. The zero-order chi connectivity index (χ0) is 71.3. The fourth-order valence-electron chi connectivity index (χ4n) is 11.6. The second-order valence-corrected chi connectivity index (χ2v) is 24.4. The lowest BCUT2D eigenvalue weighted by molar-refractivity contribution is 0.00890. The fraction of sp³-hybridized carbons (Fsp3) is 0.310. The number of hydrogen-bond acceptors (Lipinski definition) is 18. The number of aromatic nitrogens is 4. The molecule has 4 heterocycles. The van der Waals surface area contributed by atoms with Crippen molar-refractivity contribution >= 4 is 0 Å². The van der Waals surface area contributed by atoms with Gasteiger partial charge >= 0.3 is 0 Å². The summed E-state index contributed by atoms with van der Waals surface area (Å²) in [5.74, 6) is 3.96. The van der Waals surface area contributed by atoms with Gasteiger partial charge in [0.25, 0.3) is 0 Å². The van der Waals surface area contributed by atoms with Crippen molar-refractivity contribution in [2.24, 2.45) is 0 Å². The Balaban J connectivity index is 0.568. The minimum absolute atomic E-state index is 0.0332. The van der Waals surface area contributed by atoms with Gasteiger partial charge in [-0.05, 0) is 206 Å². The van der Waals surface area contributed by atoms with Gasteiger partial charge in [0.2, 0.25) is 0 Å². The van der Waals surface area contributed by atoms with Gasteiger partial charge < -0.3 is 67.1 Å². The number of ether oxygens (including phenoxy) is 12. The van der Waals surface area contributed by atoms with Gasteiger partial charge in [-0.2, -0.15) is 0 Å². The van der Waals surface area contributed by atoms with E-state index in [1.807, 2.05) is 86.6 Å². The molecule has 4 aromatic heterocycles. The number of hydrogen-bond donors (Lipinski definition) is 2. The predicted molar refractivity (Wildman–Crippen MR) is 398 cm³/mol. The Bertz CT molecular complexity index is 3990. The van der Waals surface area contributed by atoms with Crippen molar-refractivity contribution in [2.75, 3.05) is 121 Å². The van der Waals surface area contributed by atoms with E-state index in [-0.39, 0.29) is 24.7 Å². The van der Waals surface area contributed by atoms with Gasteiger partial charge in [0, 0.05) is 47.1 Å². The van der Waals surface area contributed by atoms with Crippen LogP contribution in [0.3, 0.4) is 0 Å². The first-order chi connectivity index (χ1) is 49.9. The van der Waals surface area contributed by atoms with Crippen LogP contribution in [0.25, 0.3) is 67.3 Å². The molecule has 0 bridgehead atoms. The quantitative estimate of drug-likeness (QED) is 0.0270. The number of pyridine rings is 4. The molecular weight excluding hydrogens is 1290 g/mol. The summed E-state index contributed by atoms with van der Waals surface area (Å²) in [7, 11) is 6.66. The maximum atomic E-state index is 11.2. The van der Waals surface area contributed by atoms with Crippen LogP contribution in [0.2, 0.25) is 0 Å². The monoisotopic (exact) mass is 1380 g/mol. The van der Waals surface area contributed by atoms with Crippen LogP contribution in [-0.2, 0) is 54.1 Å². The Morgan fingerprint density at radius 2 is 0.608 bits per heavy atom. The number of nitrogens with zero attached hydrogens (tertiary/aromatic N) is 4. The standard InChI is InChI=1S/C84H92N4O14/c1-58(48-65-12-8-16-81(83(65)89)101-46-44-99-42-40-97-38-36-95-34-10-14-71-52-69(63-22-30-75(93-6)31-23-63)56-79(87-71)77-54-67(50-59(2)85-77)61-18-26-73(91-4)27-19-61)49-66-13-9-17-82(84(66)90)102-47-45-100-43-41-98-39-37-96-35-11-15-72-53-70(64-24-32-76(94-7)33-25-64)57-80(88-72)78-55-68(51-60(3)86-78)62-20-28-74(92-5)29-21-62/h8-9,12-13,16-33,50-57,89-90H,1,10-11,14-15,34-49H2,2-7H3. The van der Waals surface area contributed by atoms with Crippen molar-refractivity contribution in [3.8, 4) is 113 Å². The van der Waals surface area contributed by atoms with Crippen LogP contribution in [0.4, 0.5) is 0 Å². The number of aromatic hydroxyl groups is 2. The molecule has 6 aromatic carbocycles. The third kappa shape index (κ3) is 22.4. The van der Waals surface area contributed by atoms with Crippen molar-refractivity contribution in [1.29, 1.82) is 0 Å². The lowest BCUT2D eigenvalue weighted by atomic mass is 9.98. The summed E-state index contributed by atoms with van der Waals surface area (Å²) in [6, 6.07) is 59.7. The summed E-state index contributed by atoms with van der Waals surface area (Å²) in [5.41, 5.74) is 17.4. The van der Waals surface area contributed by atoms with E-state index in [1.54, 1.807) is 40.6 Å². The first kappa shape index (κ1) is 74.5. The number of phenolic OH excluding ortho intramolecular Hbond substituents is 2. The molecule has 0 aliphatic heterocycles. The summed E-state index contributed by atoms with van der Waals surface area (Å²) >= 11 is 0. The third-order valence-corrected chi connectivity index (χ3v) is 16.8. The summed E-state index contributed by atoms with van der Waals surface area (Å²) in [6.07, 6.45) is 3.72. The molecule has 10 aromatic rings. The van der Waals surface area contributed by atoms with E-state index in [2.05, 4.69) is 104 Å². The number of methoxy groups -OCH3 is 4. The highest BCUT2D eigenvalue weighted by Crippen LogP contribution is 2.37. The lowest BCUT2D eigenvalue weighted by Crippen LogP contribution is -2.13. The molecule has 0 saturated heterocycles. The summed E-state index contributed by atoms with van der Waals surface area (Å²) in [5, 5.41) is 22.3. The molecule has 10 rings (SSSR count). The Hall–Kier alpha value is -10.2. The minimum Gasteiger partial charge on any atom is -0.504 e. The van der Waals surface area contributed by atoms with E-state index >= 15 is 0 Å². The molecule has 0 spiro atoms. The lowest BCUT2D eigenvalue weighted by Gasteiger charge is -2.14. The largest absolute Gasteiger partial charge is 0.504 e. The maximum absolute atomic E-state index is 11.2. The van der Waals surface area contributed by atoms with Crippen molar-refractivity contribution < 1.29 is 67.1 Å². The molecule has 0 unspecified atom stereocenters. The van der Waals surface area contributed by atoms with E-state index in [9.17, 15) is 10.2 Å². The van der Waals surface area contributed by atoms with E-state index in [1.165, 1.54) is 0 Å². The van der Waals surface area contributed by atoms with Crippen LogP contribution in [0, 0.1) is 13.8 Å².